The minimum atomic E-state index is 0.184. The highest BCUT2D eigenvalue weighted by Crippen LogP contribution is 2.31. The van der Waals surface area contributed by atoms with E-state index < -0.39 is 0 Å². The fourth-order valence-electron chi connectivity index (χ4n) is 3.93. The van der Waals surface area contributed by atoms with Crippen molar-refractivity contribution in [2.45, 2.75) is 59.0 Å². The average molecular weight is 333 g/mol. The third-order valence-electron chi connectivity index (χ3n) is 5.16. The second kappa shape index (κ2) is 6.56. The number of fused-ring (bicyclic) bond motifs is 1. The first-order valence-corrected chi connectivity index (χ1v) is 9.05. The van der Waals surface area contributed by atoms with Crippen molar-refractivity contribution in [2.75, 3.05) is 6.54 Å². The largest absolute Gasteiger partial charge is 0.337 e. The van der Waals surface area contributed by atoms with E-state index in [0.29, 0.717) is 6.04 Å². The second-order valence-electron chi connectivity index (χ2n) is 6.44. The molecule has 2 aromatic rings. The van der Waals surface area contributed by atoms with Crippen LogP contribution in [0.3, 0.4) is 0 Å². The molecule has 2 heterocycles. The summed E-state index contributed by atoms with van der Waals surface area (Å²) in [6.07, 6.45) is 4.50. The molecule has 1 aliphatic rings. The van der Waals surface area contributed by atoms with E-state index in [0.717, 1.165) is 59.5 Å². The molecule has 1 atom stereocenters. The highest BCUT2D eigenvalue weighted by atomic mass is 35.5. The lowest BCUT2D eigenvalue weighted by Crippen LogP contribution is -2.44. The summed E-state index contributed by atoms with van der Waals surface area (Å²) in [5.74, 6) is 0.184. The first-order chi connectivity index (χ1) is 11.1. The third-order valence-corrected chi connectivity index (χ3v) is 5.39. The molecule has 23 heavy (non-hydrogen) atoms. The van der Waals surface area contributed by atoms with Gasteiger partial charge in [-0.1, -0.05) is 18.5 Å². The zero-order valence-corrected chi connectivity index (χ0v) is 15.0. The number of aryl methyl sites for hydroxylation is 2. The lowest BCUT2D eigenvalue weighted by Gasteiger charge is -2.35. The molecule has 0 radical (unpaired) electrons. The topological polar surface area (TPSA) is 25.2 Å². The van der Waals surface area contributed by atoms with Crippen LogP contribution in [-0.2, 0) is 6.54 Å². The van der Waals surface area contributed by atoms with Crippen LogP contribution in [0.15, 0.2) is 18.2 Å². The van der Waals surface area contributed by atoms with Crippen LogP contribution < -0.4 is 0 Å². The number of carbonyl (C=O) groups excluding carboxylic acids is 1. The molecule has 1 aromatic heterocycles. The Kier molecular flexibility index (Phi) is 4.67. The smallest absolute Gasteiger partial charge is 0.271 e. The zero-order chi connectivity index (χ0) is 16.6. The maximum absolute atomic E-state index is 13.3. The number of hydrogen-bond donors (Lipinski definition) is 0. The van der Waals surface area contributed by atoms with Crippen molar-refractivity contribution < 1.29 is 4.79 Å². The van der Waals surface area contributed by atoms with Gasteiger partial charge in [0.15, 0.2) is 0 Å². The molecule has 1 aromatic carbocycles. The van der Waals surface area contributed by atoms with Crippen LogP contribution in [0.4, 0.5) is 0 Å². The van der Waals surface area contributed by atoms with E-state index in [2.05, 4.69) is 23.3 Å². The van der Waals surface area contributed by atoms with Gasteiger partial charge in [-0.2, -0.15) is 0 Å². The molecule has 1 fully saturated rings. The number of amides is 1. The molecule has 0 N–H and O–H groups in total. The lowest BCUT2D eigenvalue weighted by molar-refractivity contribution is 0.0597. The van der Waals surface area contributed by atoms with E-state index in [1.165, 1.54) is 6.42 Å². The predicted molar refractivity (Wildman–Crippen MR) is 96.3 cm³/mol. The fraction of sp³-hybridized carbons (Fsp3) is 0.526. The number of rotatable bonds is 3. The highest BCUT2D eigenvalue weighted by molar-refractivity contribution is 6.31. The molecular weight excluding hydrogens is 308 g/mol. The van der Waals surface area contributed by atoms with Crippen molar-refractivity contribution in [3.63, 3.8) is 0 Å². The quantitative estimate of drug-likeness (QED) is 0.774. The minimum absolute atomic E-state index is 0.184. The van der Waals surface area contributed by atoms with Gasteiger partial charge in [0.05, 0.1) is 0 Å². The summed E-state index contributed by atoms with van der Waals surface area (Å²) in [7, 11) is 0. The van der Waals surface area contributed by atoms with Crippen molar-refractivity contribution in [3.8, 4) is 0 Å². The number of piperidine rings is 1. The molecule has 0 saturated carbocycles. The minimum Gasteiger partial charge on any atom is -0.337 e. The van der Waals surface area contributed by atoms with E-state index in [4.69, 9.17) is 11.6 Å². The SMILES string of the molecule is CCC1CCCCN1C(=O)c1c(C)c2cc(Cl)ccc2n1CC. The number of halogens is 1. The molecule has 3 nitrogen and oxygen atoms in total. The van der Waals surface area contributed by atoms with Crippen LogP contribution in [0.2, 0.25) is 5.02 Å². The van der Waals surface area contributed by atoms with Gasteiger partial charge in [-0.3, -0.25) is 4.79 Å². The Labute approximate surface area is 143 Å². The van der Waals surface area contributed by atoms with Gasteiger partial charge in [0.25, 0.3) is 5.91 Å². The van der Waals surface area contributed by atoms with Gasteiger partial charge in [0.2, 0.25) is 0 Å². The average Bonchev–Trinajstić information content (AvgIpc) is 2.85. The van der Waals surface area contributed by atoms with E-state index >= 15 is 0 Å². The Morgan fingerprint density at radius 2 is 2.09 bits per heavy atom. The summed E-state index contributed by atoms with van der Waals surface area (Å²) >= 11 is 6.16. The van der Waals surface area contributed by atoms with Crippen molar-refractivity contribution in [3.05, 3.63) is 34.5 Å². The maximum Gasteiger partial charge on any atom is 0.271 e. The van der Waals surface area contributed by atoms with Crippen LogP contribution in [0.25, 0.3) is 10.9 Å². The summed E-state index contributed by atoms with van der Waals surface area (Å²) in [4.78, 5) is 15.4. The Balaban J connectivity index is 2.11. The van der Waals surface area contributed by atoms with Gasteiger partial charge in [-0.25, -0.2) is 0 Å². The summed E-state index contributed by atoms with van der Waals surface area (Å²) < 4.78 is 2.14. The van der Waals surface area contributed by atoms with Crippen LogP contribution >= 0.6 is 11.6 Å². The Hall–Kier alpha value is -1.48. The van der Waals surface area contributed by atoms with Crippen LogP contribution in [0.1, 0.15) is 55.6 Å². The Morgan fingerprint density at radius 3 is 2.78 bits per heavy atom. The van der Waals surface area contributed by atoms with Gasteiger partial charge >= 0.3 is 0 Å². The zero-order valence-electron chi connectivity index (χ0n) is 14.2. The van der Waals surface area contributed by atoms with Gasteiger partial charge in [-0.05, 0) is 63.3 Å². The number of hydrogen-bond acceptors (Lipinski definition) is 1. The van der Waals surface area contributed by atoms with Crippen molar-refractivity contribution in [1.82, 2.24) is 9.47 Å². The van der Waals surface area contributed by atoms with E-state index in [1.807, 2.05) is 25.1 Å². The van der Waals surface area contributed by atoms with Crippen LogP contribution in [-0.4, -0.2) is 28.0 Å². The van der Waals surface area contributed by atoms with Gasteiger partial charge in [0, 0.05) is 35.1 Å². The molecule has 3 rings (SSSR count). The Bertz CT molecular complexity index is 735. The highest BCUT2D eigenvalue weighted by Gasteiger charge is 2.30. The van der Waals surface area contributed by atoms with Crippen LogP contribution in [0, 0.1) is 6.92 Å². The number of nitrogens with zero attached hydrogens (tertiary/aromatic N) is 2. The summed E-state index contributed by atoms with van der Waals surface area (Å²) in [5, 5.41) is 1.81. The number of aromatic nitrogens is 1. The molecule has 1 unspecified atom stereocenters. The van der Waals surface area contributed by atoms with Crippen molar-refractivity contribution in [1.29, 1.82) is 0 Å². The maximum atomic E-state index is 13.3. The standard InChI is InChI=1S/C19H25ClN2O/c1-4-15-8-6-7-11-22(15)19(23)18-13(3)16-12-14(20)9-10-17(16)21(18)5-2/h9-10,12,15H,4-8,11H2,1-3H3. The lowest BCUT2D eigenvalue weighted by atomic mass is 9.99. The normalized spacial score (nSPS) is 18.6. The molecule has 0 spiro atoms. The van der Waals surface area contributed by atoms with Crippen molar-refractivity contribution in [2.24, 2.45) is 0 Å². The van der Waals surface area contributed by atoms with Crippen LogP contribution in [0.5, 0.6) is 0 Å². The molecular formula is C19H25ClN2O. The van der Waals surface area contributed by atoms with Gasteiger partial charge in [0.1, 0.15) is 5.69 Å². The predicted octanol–water partition coefficient (Wildman–Crippen LogP) is 5.03. The van der Waals surface area contributed by atoms with E-state index in [-0.39, 0.29) is 5.91 Å². The molecule has 1 saturated heterocycles. The van der Waals surface area contributed by atoms with Gasteiger partial charge in [-0.15, -0.1) is 0 Å². The van der Waals surface area contributed by atoms with Gasteiger partial charge < -0.3 is 9.47 Å². The monoisotopic (exact) mass is 332 g/mol. The molecule has 1 aliphatic heterocycles. The Morgan fingerprint density at radius 1 is 1.30 bits per heavy atom. The second-order valence-corrected chi connectivity index (χ2v) is 6.87. The molecule has 124 valence electrons. The molecule has 1 amide bonds. The number of likely N-dealkylation sites (tertiary alicyclic amines) is 1. The fourth-order valence-corrected chi connectivity index (χ4v) is 4.10. The summed E-state index contributed by atoms with van der Waals surface area (Å²) in [6.45, 7) is 7.99. The van der Waals surface area contributed by atoms with Crippen molar-refractivity contribution >= 4 is 28.4 Å². The first-order valence-electron chi connectivity index (χ1n) is 8.67. The van der Waals surface area contributed by atoms with E-state index in [9.17, 15) is 4.79 Å². The van der Waals surface area contributed by atoms with E-state index in [1.54, 1.807) is 0 Å². The first kappa shape index (κ1) is 16.4. The number of carbonyl (C=O) groups is 1. The third kappa shape index (κ3) is 2.76. The molecule has 0 aliphatic carbocycles. The molecule has 0 bridgehead atoms. The number of benzene rings is 1. The molecule has 4 heteroatoms. The summed E-state index contributed by atoms with van der Waals surface area (Å²) in [5.41, 5.74) is 2.99. The summed E-state index contributed by atoms with van der Waals surface area (Å²) in [6, 6.07) is 6.28.